The molecule has 1 heterocycles. The number of phenols is 1. The van der Waals surface area contributed by atoms with Gasteiger partial charge in [-0.05, 0) is 19.1 Å². The molecule has 3 rings (SSSR count). The van der Waals surface area contributed by atoms with Crippen molar-refractivity contribution in [2.45, 2.75) is 6.92 Å². The minimum absolute atomic E-state index is 0.0655. The van der Waals surface area contributed by atoms with E-state index in [-0.39, 0.29) is 11.5 Å². The zero-order valence-electron chi connectivity index (χ0n) is 11.2. The summed E-state index contributed by atoms with van der Waals surface area (Å²) in [5, 5.41) is 9.97. The number of fused-ring (bicyclic) bond motifs is 1. The molecule has 0 saturated carbocycles. The first kappa shape index (κ1) is 12.4. The lowest BCUT2D eigenvalue weighted by molar-refractivity contribution is 0.330. The molecule has 0 atom stereocenters. The molecular weight excluding hydrogens is 256 g/mol. The molecule has 2 aromatic carbocycles. The van der Waals surface area contributed by atoms with Crippen LogP contribution in [0.3, 0.4) is 0 Å². The zero-order chi connectivity index (χ0) is 14.1. The average Bonchev–Trinajstić information content (AvgIpc) is 2.48. The standard InChI is InChI=1S/C16H14O4/c1-10-3-5-11(6-4-10)14-9-19-16-13(20-14)8-7-12(18-2)15(16)17/h3-9,17H,1-2H3. The monoisotopic (exact) mass is 270 g/mol. The van der Waals surface area contributed by atoms with Crippen LogP contribution in [0.1, 0.15) is 11.1 Å². The van der Waals surface area contributed by atoms with E-state index in [0.717, 1.165) is 5.56 Å². The van der Waals surface area contributed by atoms with Crippen LogP contribution in [0.25, 0.3) is 5.76 Å². The van der Waals surface area contributed by atoms with Crippen molar-refractivity contribution >= 4 is 5.76 Å². The van der Waals surface area contributed by atoms with E-state index < -0.39 is 0 Å². The fourth-order valence-corrected chi connectivity index (χ4v) is 1.99. The molecule has 0 aromatic heterocycles. The topological polar surface area (TPSA) is 47.9 Å². The first-order chi connectivity index (χ1) is 9.69. The second kappa shape index (κ2) is 4.81. The van der Waals surface area contributed by atoms with Crippen LogP contribution in [-0.2, 0) is 0 Å². The van der Waals surface area contributed by atoms with Gasteiger partial charge < -0.3 is 19.3 Å². The van der Waals surface area contributed by atoms with Crippen molar-refractivity contribution < 1.29 is 19.3 Å². The molecule has 0 spiro atoms. The third-order valence-electron chi connectivity index (χ3n) is 3.12. The molecule has 0 radical (unpaired) electrons. The Hall–Kier alpha value is -2.62. The third kappa shape index (κ3) is 2.05. The Bertz CT molecular complexity index is 672. The third-order valence-corrected chi connectivity index (χ3v) is 3.12. The van der Waals surface area contributed by atoms with Crippen LogP contribution in [0.4, 0.5) is 0 Å². The van der Waals surface area contributed by atoms with Crippen LogP contribution in [0.2, 0.25) is 0 Å². The van der Waals surface area contributed by atoms with Gasteiger partial charge in [0, 0.05) is 5.56 Å². The van der Waals surface area contributed by atoms with E-state index in [0.29, 0.717) is 17.3 Å². The van der Waals surface area contributed by atoms with Gasteiger partial charge >= 0.3 is 0 Å². The highest BCUT2D eigenvalue weighted by molar-refractivity contribution is 5.68. The lowest BCUT2D eigenvalue weighted by Gasteiger charge is -2.20. The molecule has 1 aliphatic rings. The predicted molar refractivity (Wildman–Crippen MR) is 75.1 cm³/mol. The molecule has 0 aliphatic carbocycles. The molecule has 2 aromatic rings. The summed E-state index contributed by atoms with van der Waals surface area (Å²) in [5.41, 5.74) is 2.09. The lowest BCUT2D eigenvalue weighted by Crippen LogP contribution is -2.04. The van der Waals surface area contributed by atoms with Gasteiger partial charge in [0.15, 0.2) is 17.3 Å². The van der Waals surface area contributed by atoms with E-state index in [1.165, 1.54) is 18.9 Å². The number of hydrogen-bond donors (Lipinski definition) is 1. The van der Waals surface area contributed by atoms with Gasteiger partial charge in [0.25, 0.3) is 0 Å². The first-order valence-corrected chi connectivity index (χ1v) is 6.20. The highest BCUT2D eigenvalue weighted by Gasteiger charge is 2.21. The van der Waals surface area contributed by atoms with Crippen LogP contribution < -0.4 is 14.2 Å². The van der Waals surface area contributed by atoms with Gasteiger partial charge in [-0.1, -0.05) is 29.8 Å². The van der Waals surface area contributed by atoms with Crippen molar-refractivity contribution in [1.29, 1.82) is 0 Å². The molecule has 0 fully saturated rings. The number of ether oxygens (including phenoxy) is 3. The first-order valence-electron chi connectivity index (χ1n) is 6.20. The Balaban J connectivity index is 1.94. The Morgan fingerprint density at radius 2 is 1.80 bits per heavy atom. The summed E-state index contributed by atoms with van der Waals surface area (Å²) in [6, 6.07) is 11.3. The minimum Gasteiger partial charge on any atom is -0.502 e. The van der Waals surface area contributed by atoms with Crippen molar-refractivity contribution in [3.8, 4) is 23.0 Å². The van der Waals surface area contributed by atoms with Crippen molar-refractivity contribution in [3.05, 3.63) is 53.8 Å². The van der Waals surface area contributed by atoms with E-state index in [1.54, 1.807) is 12.1 Å². The van der Waals surface area contributed by atoms with Crippen LogP contribution in [-0.4, -0.2) is 12.2 Å². The van der Waals surface area contributed by atoms with Gasteiger partial charge in [-0.3, -0.25) is 0 Å². The van der Waals surface area contributed by atoms with Crippen molar-refractivity contribution in [1.82, 2.24) is 0 Å². The summed E-state index contributed by atoms with van der Waals surface area (Å²) in [6.45, 7) is 2.02. The summed E-state index contributed by atoms with van der Waals surface area (Å²) in [6.07, 6.45) is 1.48. The molecule has 1 aliphatic heterocycles. The molecule has 4 heteroatoms. The molecule has 0 bridgehead atoms. The normalized spacial score (nSPS) is 12.8. The number of methoxy groups -OCH3 is 1. The average molecular weight is 270 g/mol. The minimum atomic E-state index is -0.0655. The Morgan fingerprint density at radius 1 is 1.05 bits per heavy atom. The van der Waals surface area contributed by atoms with Gasteiger partial charge in [-0.15, -0.1) is 0 Å². The number of phenolic OH excluding ortho intramolecular Hbond substituents is 1. The van der Waals surface area contributed by atoms with E-state index >= 15 is 0 Å². The maximum absolute atomic E-state index is 9.97. The van der Waals surface area contributed by atoms with Crippen LogP contribution in [0.5, 0.6) is 23.0 Å². The van der Waals surface area contributed by atoms with Gasteiger partial charge in [0.2, 0.25) is 11.5 Å². The molecule has 0 unspecified atom stereocenters. The van der Waals surface area contributed by atoms with Gasteiger partial charge in [-0.25, -0.2) is 0 Å². The molecule has 20 heavy (non-hydrogen) atoms. The summed E-state index contributed by atoms with van der Waals surface area (Å²) in [4.78, 5) is 0. The number of hydrogen-bond acceptors (Lipinski definition) is 4. The van der Waals surface area contributed by atoms with Crippen LogP contribution in [0, 0.1) is 6.92 Å². The zero-order valence-corrected chi connectivity index (χ0v) is 11.2. The van der Waals surface area contributed by atoms with Gasteiger partial charge in [0.05, 0.1) is 7.11 Å². The van der Waals surface area contributed by atoms with Crippen LogP contribution in [0.15, 0.2) is 42.7 Å². The maximum Gasteiger partial charge on any atom is 0.214 e. The number of aryl methyl sites for hydroxylation is 1. The van der Waals surface area contributed by atoms with Crippen molar-refractivity contribution in [2.75, 3.05) is 7.11 Å². The molecule has 0 saturated heterocycles. The number of rotatable bonds is 2. The fourth-order valence-electron chi connectivity index (χ4n) is 1.99. The second-order valence-electron chi connectivity index (χ2n) is 4.51. The largest absolute Gasteiger partial charge is 0.502 e. The van der Waals surface area contributed by atoms with Crippen molar-refractivity contribution in [3.63, 3.8) is 0 Å². The number of aromatic hydroxyl groups is 1. The molecule has 102 valence electrons. The number of benzene rings is 2. The predicted octanol–water partition coefficient (Wildman–Crippen LogP) is 3.48. The van der Waals surface area contributed by atoms with E-state index in [4.69, 9.17) is 14.2 Å². The van der Waals surface area contributed by atoms with E-state index in [1.807, 2.05) is 31.2 Å². The van der Waals surface area contributed by atoms with E-state index in [9.17, 15) is 5.11 Å². The summed E-state index contributed by atoms with van der Waals surface area (Å²) < 4.78 is 16.3. The summed E-state index contributed by atoms with van der Waals surface area (Å²) in [5.74, 6) is 1.60. The maximum atomic E-state index is 9.97. The molecule has 1 N–H and O–H groups in total. The summed E-state index contributed by atoms with van der Waals surface area (Å²) >= 11 is 0. The SMILES string of the molecule is COc1ccc2c(c1O)OC=C(c1ccc(C)cc1)O2. The van der Waals surface area contributed by atoms with E-state index in [2.05, 4.69) is 0 Å². The summed E-state index contributed by atoms with van der Waals surface area (Å²) in [7, 11) is 1.48. The van der Waals surface area contributed by atoms with Crippen molar-refractivity contribution in [2.24, 2.45) is 0 Å². The van der Waals surface area contributed by atoms with Crippen LogP contribution >= 0.6 is 0 Å². The quantitative estimate of drug-likeness (QED) is 0.907. The molecule has 4 nitrogen and oxygen atoms in total. The fraction of sp³-hybridized carbons (Fsp3) is 0.125. The lowest BCUT2D eigenvalue weighted by atomic mass is 10.1. The molecular formula is C16H14O4. The molecule has 0 amide bonds. The highest BCUT2D eigenvalue weighted by Crippen LogP contribution is 2.46. The van der Waals surface area contributed by atoms with Gasteiger partial charge in [0.1, 0.15) is 6.26 Å². The van der Waals surface area contributed by atoms with Gasteiger partial charge in [-0.2, -0.15) is 0 Å². The Kier molecular flexibility index (Phi) is 2.99. The second-order valence-corrected chi connectivity index (χ2v) is 4.51. The smallest absolute Gasteiger partial charge is 0.214 e. The highest BCUT2D eigenvalue weighted by atomic mass is 16.6. The Labute approximate surface area is 116 Å². The Morgan fingerprint density at radius 3 is 2.50 bits per heavy atom.